The molecule has 1 aromatic heterocycles. The Balaban J connectivity index is 1.44. The van der Waals surface area contributed by atoms with Crippen LogP contribution in [-0.4, -0.2) is 4.98 Å². The van der Waals surface area contributed by atoms with Crippen LogP contribution in [0.5, 0.6) is 0 Å². The Morgan fingerprint density at radius 2 is 1.44 bits per heavy atom. The molecular weight excluding hydrogens is 417 g/mol. The Morgan fingerprint density at radius 3 is 2.09 bits per heavy atom. The first-order valence-corrected chi connectivity index (χ1v) is 14.5. The molecule has 1 aliphatic rings. The zero-order chi connectivity index (χ0) is 24.0. The minimum absolute atomic E-state index is 0.136. The smallest absolute Gasteiger partial charge is 0.132 e. The number of aryl methyl sites for hydroxylation is 1. The molecule has 0 N–H and O–H groups in total. The summed E-state index contributed by atoms with van der Waals surface area (Å²) in [5.74, 6) is 1.42. The van der Waals surface area contributed by atoms with E-state index in [4.69, 9.17) is 0 Å². The molecule has 0 spiro atoms. The van der Waals surface area contributed by atoms with Crippen LogP contribution >= 0.6 is 0 Å². The summed E-state index contributed by atoms with van der Waals surface area (Å²) < 4.78 is 14.8. The minimum Gasteiger partial charge on any atom is -0.256 e. The van der Waals surface area contributed by atoms with Gasteiger partial charge in [-0.15, -0.1) is 0 Å². The van der Waals surface area contributed by atoms with E-state index in [0.717, 1.165) is 30.0 Å². The van der Waals surface area contributed by atoms with Crippen molar-refractivity contribution in [3.8, 4) is 11.3 Å². The standard InChI is InChI=1S/C32H48FN/c1-3-5-7-9-11-13-15-27-18-22-30(31(33)24-27)32-23-21-29(25-34-32)28-19-16-26(17-20-28)14-12-10-8-6-4-2/h18,21-26,28H,3-17,19-20H2,1-2H3. The molecule has 1 saturated carbocycles. The van der Waals surface area contributed by atoms with Crippen LogP contribution in [0, 0.1) is 11.7 Å². The highest BCUT2D eigenvalue weighted by Gasteiger charge is 2.22. The van der Waals surface area contributed by atoms with Crippen LogP contribution in [-0.2, 0) is 6.42 Å². The molecule has 0 radical (unpaired) electrons. The van der Waals surface area contributed by atoms with E-state index in [2.05, 4.69) is 31.0 Å². The van der Waals surface area contributed by atoms with E-state index >= 15 is 0 Å². The molecule has 1 aliphatic carbocycles. The summed E-state index contributed by atoms with van der Waals surface area (Å²) in [4.78, 5) is 4.68. The topological polar surface area (TPSA) is 12.9 Å². The molecule has 1 aromatic carbocycles. The maximum atomic E-state index is 14.8. The van der Waals surface area contributed by atoms with Crippen molar-refractivity contribution in [2.75, 3.05) is 0 Å². The van der Waals surface area contributed by atoms with Gasteiger partial charge in [-0.05, 0) is 79.7 Å². The third kappa shape index (κ3) is 8.82. The molecule has 1 fully saturated rings. The number of pyridine rings is 1. The normalized spacial score (nSPS) is 18.3. The van der Waals surface area contributed by atoms with Gasteiger partial charge in [0, 0.05) is 11.8 Å². The van der Waals surface area contributed by atoms with Gasteiger partial charge in [-0.2, -0.15) is 0 Å². The minimum atomic E-state index is -0.136. The van der Waals surface area contributed by atoms with Crippen molar-refractivity contribution in [2.24, 2.45) is 5.92 Å². The first-order valence-electron chi connectivity index (χ1n) is 14.5. The van der Waals surface area contributed by atoms with Gasteiger partial charge >= 0.3 is 0 Å². The Hall–Kier alpha value is -1.70. The van der Waals surface area contributed by atoms with Gasteiger partial charge in [0.2, 0.25) is 0 Å². The quantitative estimate of drug-likeness (QED) is 0.238. The summed E-state index contributed by atoms with van der Waals surface area (Å²) >= 11 is 0. The maximum absolute atomic E-state index is 14.8. The predicted octanol–water partition coefficient (Wildman–Crippen LogP) is 10.4. The second kappa shape index (κ2) is 15.3. The van der Waals surface area contributed by atoms with Gasteiger partial charge in [-0.3, -0.25) is 4.98 Å². The lowest BCUT2D eigenvalue weighted by Crippen LogP contribution is -2.13. The number of halogens is 1. The van der Waals surface area contributed by atoms with E-state index in [9.17, 15) is 4.39 Å². The van der Waals surface area contributed by atoms with Crippen molar-refractivity contribution in [3.05, 3.63) is 53.5 Å². The zero-order valence-electron chi connectivity index (χ0n) is 22.0. The molecule has 0 atom stereocenters. The van der Waals surface area contributed by atoms with E-state index in [1.807, 2.05) is 18.3 Å². The van der Waals surface area contributed by atoms with E-state index < -0.39 is 0 Å². The van der Waals surface area contributed by atoms with Gasteiger partial charge in [-0.1, -0.05) is 96.6 Å². The summed E-state index contributed by atoms with van der Waals surface area (Å²) in [5.41, 5.74) is 3.83. The number of rotatable bonds is 15. The van der Waals surface area contributed by atoms with Crippen LogP contribution in [0.2, 0.25) is 0 Å². The van der Waals surface area contributed by atoms with E-state index in [1.165, 1.54) is 102 Å². The highest BCUT2D eigenvalue weighted by molar-refractivity contribution is 5.60. The van der Waals surface area contributed by atoms with Crippen LogP contribution in [0.25, 0.3) is 11.3 Å². The molecule has 1 heterocycles. The molecule has 0 amide bonds. The fraction of sp³-hybridized carbons (Fsp3) is 0.656. The third-order valence-corrected chi connectivity index (χ3v) is 7.95. The SMILES string of the molecule is CCCCCCCCc1ccc(-c2ccc(C3CCC(CCCCCCC)CC3)cn2)c(F)c1. The van der Waals surface area contributed by atoms with Gasteiger partial charge in [0.25, 0.3) is 0 Å². The predicted molar refractivity (Wildman–Crippen MR) is 145 cm³/mol. The average Bonchev–Trinajstić information content (AvgIpc) is 2.87. The van der Waals surface area contributed by atoms with E-state index in [0.29, 0.717) is 11.5 Å². The van der Waals surface area contributed by atoms with Crippen LogP contribution in [0.3, 0.4) is 0 Å². The first kappa shape index (κ1) is 26.9. The molecule has 34 heavy (non-hydrogen) atoms. The van der Waals surface area contributed by atoms with Gasteiger partial charge in [0.05, 0.1) is 5.69 Å². The number of benzene rings is 1. The molecule has 0 aliphatic heterocycles. The molecule has 188 valence electrons. The Morgan fingerprint density at radius 1 is 0.765 bits per heavy atom. The number of hydrogen-bond donors (Lipinski definition) is 0. The van der Waals surface area contributed by atoms with Gasteiger partial charge in [0.1, 0.15) is 5.82 Å². The average molecular weight is 466 g/mol. The number of nitrogens with zero attached hydrogens (tertiary/aromatic N) is 1. The summed E-state index contributed by atoms with van der Waals surface area (Å²) in [7, 11) is 0. The van der Waals surface area contributed by atoms with Crippen LogP contribution in [0.15, 0.2) is 36.5 Å². The third-order valence-electron chi connectivity index (χ3n) is 7.95. The summed E-state index contributed by atoms with van der Waals surface area (Å²) in [5, 5.41) is 0. The van der Waals surface area contributed by atoms with Crippen molar-refractivity contribution >= 4 is 0 Å². The fourth-order valence-corrected chi connectivity index (χ4v) is 5.66. The van der Waals surface area contributed by atoms with Crippen molar-refractivity contribution in [1.82, 2.24) is 4.98 Å². The highest BCUT2D eigenvalue weighted by atomic mass is 19.1. The van der Waals surface area contributed by atoms with Crippen LogP contribution in [0.1, 0.15) is 134 Å². The first-order chi connectivity index (χ1) is 16.7. The van der Waals surface area contributed by atoms with E-state index in [1.54, 1.807) is 6.07 Å². The van der Waals surface area contributed by atoms with Crippen molar-refractivity contribution in [2.45, 2.75) is 129 Å². The molecule has 0 saturated heterocycles. The van der Waals surface area contributed by atoms with Crippen molar-refractivity contribution in [1.29, 1.82) is 0 Å². The molecular formula is C32H48FN. The monoisotopic (exact) mass is 465 g/mol. The van der Waals surface area contributed by atoms with Crippen molar-refractivity contribution < 1.29 is 4.39 Å². The molecule has 2 aromatic rings. The Labute approximate surface area is 209 Å². The summed E-state index contributed by atoms with van der Waals surface area (Å²) in [6.45, 7) is 4.53. The van der Waals surface area contributed by atoms with Crippen LogP contribution < -0.4 is 0 Å². The van der Waals surface area contributed by atoms with E-state index in [-0.39, 0.29) is 5.82 Å². The zero-order valence-corrected chi connectivity index (χ0v) is 22.0. The number of hydrogen-bond acceptors (Lipinski definition) is 1. The Bertz CT molecular complexity index is 804. The number of unbranched alkanes of at least 4 members (excludes halogenated alkanes) is 9. The molecule has 0 bridgehead atoms. The largest absolute Gasteiger partial charge is 0.256 e. The second-order valence-corrected chi connectivity index (χ2v) is 10.7. The molecule has 2 heteroatoms. The molecule has 1 nitrogen and oxygen atoms in total. The second-order valence-electron chi connectivity index (χ2n) is 10.7. The lowest BCUT2D eigenvalue weighted by Gasteiger charge is -2.28. The molecule has 0 unspecified atom stereocenters. The van der Waals surface area contributed by atoms with Gasteiger partial charge in [-0.25, -0.2) is 4.39 Å². The lowest BCUT2D eigenvalue weighted by molar-refractivity contribution is 0.301. The fourth-order valence-electron chi connectivity index (χ4n) is 5.66. The number of aromatic nitrogens is 1. The lowest BCUT2D eigenvalue weighted by atomic mass is 9.77. The maximum Gasteiger partial charge on any atom is 0.132 e. The van der Waals surface area contributed by atoms with Gasteiger partial charge < -0.3 is 0 Å². The Kier molecular flexibility index (Phi) is 12.1. The summed E-state index contributed by atoms with van der Waals surface area (Å²) in [6.07, 6.45) is 24.2. The molecule has 3 rings (SSSR count). The van der Waals surface area contributed by atoms with Crippen molar-refractivity contribution in [3.63, 3.8) is 0 Å². The highest BCUT2D eigenvalue weighted by Crippen LogP contribution is 2.38. The van der Waals surface area contributed by atoms with Crippen LogP contribution in [0.4, 0.5) is 4.39 Å². The van der Waals surface area contributed by atoms with Gasteiger partial charge in [0.15, 0.2) is 0 Å². The summed E-state index contributed by atoms with van der Waals surface area (Å²) in [6, 6.07) is 9.96.